The van der Waals surface area contributed by atoms with Crippen LogP contribution in [-0.4, -0.2) is 31.6 Å². The minimum absolute atomic E-state index is 0.284. The van der Waals surface area contributed by atoms with E-state index in [0.717, 1.165) is 25.9 Å². The molecule has 0 radical (unpaired) electrons. The molecular formula is C17H20FNO2. The lowest BCUT2D eigenvalue weighted by atomic mass is 9.98. The van der Waals surface area contributed by atoms with Crippen molar-refractivity contribution in [1.82, 2.24) is 4.90 Å². The maximum absolute atomic E-state index is 13.5. The first-order chi connectivity index (χ1) is 10.2. The Morgan fingerprint density at radius 3 is 2.81 bits per heavy atom. The quantitative estimate of drug-likeness (QED) is 0.856. The van der Waals surface area contributed by atoms with Gasteiger partial charge in [-0.05, 0) is 69.2 Å². The van der Waals surface area contributed by atoms with Gasteiger partial charge in [-0.1, -0.05) is 0 Å². The molecule has 0 atom stereocenters. The predicted molar refractivity (Wildman–Crippen MR) is 79.8 cm³/mol. The fraction of sp³-hybridized carbons (Fsp3) is 0.412. The SMILES string of the molecule is CN1CCC(COc2ccc(F)cc2-c2ccco2)CC1. The van der Waals surface area contributed by atoms with E-state index >= 15 is 0 Å². The van der Waals surface area contributed by atoms with Crippen LogP contribution in [0.5, 0.6) is 5.75 Å². The molecule has 3 rings (SSSR count). The average molecular weight is 289 g/mol. The van der Waals surface area contributed by atoms with E-state index in [4.69, 9.17) is 9.15 Å². The summed E-state index contributed by atoms with van der Waals surface area (Å²) in [6.45, 7) is 2.90. The van der Waals surface area contributed by atoms with Gasteiger partial charge in [0.1, 0.15) is 17.3 Å². The summed E-state index contributed by atoms with van der Waals surface area (Å²) < 4.78 is 24.8. The Bertz CT molecular complexity index is 574. The number of nitrogens with zero attached hydrogens (tertiary/aromatic N) is 1. The van der Waals surface area contributed by atoms with Gasteiger partial charge in [-0.3, -0.25) is 0 Å². The Hall–Kier alpha value is -1.81. The Morgan fingerprint density at radius 1 is 1.29 bits per heavy atom. The number of hydrogen-bond donors (Lipinski definition) is 0. The molecule has 1 fully saturated rings. The first kappa shape index (κ1) is 14.1. The van der Waals surface area contributed by atoms with E-state index in [0.29, 0.717) is 29.6 Å². The monoisotopic (exact) mass is 289 g/mol. The van der Waals surface area contributed by atoms with Crippen LogP contribution < -0.4 is 4.74 Å². The molecule has 0 unspecified atom stereocenters. The highest BCUT2D eigenvalue weighted by atomic mass is 19.1. The Kier molecular flexibility index (Phi) is 4.25. The molecule has 21 heavy (non-hydrogen) atoms. The summed E-state index contributed by atoms with van der Waals surface area (Å²) in [5.41, 5.74) is 0.674. The second kappa shape index (κ2) is 6.31. The summed E-state index contributed by atoms with van der Waals surface area (Å²) in [5, 5.41) is 0. The van der Waals surface area contributed by atoms with E-state index in [-0.39, 0.29) is 5.82 Å². The lowest BCUT2D eigenvalue weighted by Crippen LogP contribution is -2.32. The number of benzene rings is 1. The van der Waals surface area contributed by atoms with Gasteiger partial charge in [-0.25, -0.2) is 4.39 Å². The normalized spacial score (nSPS) is 17.0. The molecule has 1 aliphatic heterocycles. The van der Waals surface area contributed by atoms with E-state index in [1.165, 1.54) is 12.1 Å². The molecule has 0 bridgehead atoms. The first-order valence-corrected chi connectivity index (χ1v) is 7.37. The van der Waals surface area contributed by atoms with E-state index in [1.807, 2.05) is 6.07 Å². The van der Waals surface area contributed by atoms with Crippen molar-refractivity contribution >= 4 is 0 Å². The summed E-state index contributed by atoms with van der Waals surface area (Å²) in [6, 6.07) is 8.18. The highest BCUT2D eigenvalue weighted by molar-refractivity contribution is 5.65. The molecule has 2 aromatic rings. The molecule has 1 saturated heterocycles. The predicted octanol–water partition coefficient (Wildman–Crippen LogP) is 3.81. The third kappa shape index (κ3) is 3.45. The van der Waals surface area contributed by atoms with Gasteiger partial charge in [0.25, 0.3) is 0 Å². The Morgan fingerprint density at radius 2 is 2.10 bits per heavy atom. The van der Waals surface area contributed by atoms with Crippen molar-refractivity contribution in [1.29, 1.82) is 0 Å². The van der Waals surface area contributed by atoms with Gasteiger partial charge in [0, 0.05) is 0 Å². The largest absolute Gasteiger partial charge is 0.493 e. The molecule has 1 aromatic carbocycles. The Labute approximate surface area is 124 Å². The summed E-state index contributed by atoms with van der Waals surface area (Å²) in [5.74, 6) is 1.60. The molecule has 0 saturated carbocycles. The lowest BCUT2D eigenvalue weighted by Gasteiger charge is -2.28. The molecule has 0 aliphatic carbocycles. The van der Waals surface area contributed by atoms with Gasteiger partial charge >= 0.3 is 0 Å². The number of rotatable bonds is 4. The van der Waals surface area contributed by atoms with E-state index < -0.39 is 0 Å². The number of piperidine rings is 1. The topological polar surface area (TPSA) is 25.6 Å². The van der Waals surface area contributed by atoms with Crippen LogP contribution in [0, 0.1) is 11.7 Å². The first-order valence-electron chi connectivity index (χ1n) is 7.37. The fourth-order valence-corrected chi connectivity index (χ4v) is 2.69. The van der Waals surface area contributed by atoms with Gasteiger partial charge in [-0.2, -0.15) is 0 Å². The standard InChI is InChI=1S/C17H20FNO2/c1-19-8-6-13(7-9-19)12-21-17-5-4-14(18)11-15(17)16-3-2-10-20-16/h2-5,10-11,13H,6-9,12H2,1H3. The molecule has 0 N–H and O–H groups in total. The summed E-state index contributed by atoms with van der Waals surface area (Å²) >= 11 is 0. The van der Waals surface area contributed by atoms with Gasteiger partial charge in [0.05, 0.1) is 18.4 Å². The molecule has 112 valence electrons. The summed E-state index contributed by atoms with van der Waals surface area (Å²) in [6.07, 6.45) is 3.88. The van der Waals surface area contributed by atoms with Crippen molar-refractivity contribution < 1.29 is 13.5 Å². The zero-order valence-electron chi connectivity index (χ0n) is 12.2. The van der Waals surface area contributed by atoms with Crippen molar-refractivity contribution in [3.05, 3.63) is 42.4 Å². The van der Waals surface area contributed by atoms with Gasteiger partial charge in [0.15, 0.2) is 0 Å². The highest BCUT2D eigenvalue weighted by Gasteiger charge is 2.18. The highest BCUT2D eigenvalue weighted by Crippen LogP contribution is 2.32. The minimum atomic E-state index is -0.284. The van der Waals surface area contributed by atoms with Crippen LogP contribution in [0.1, 0.15) is 12.8 Å². The van der Waals surface area contributed by atoms with Crippen LogP contribution >= 0.6 is 0 Å². The smallest absolute Gasteiger partial charge is 0.137 e. The van der Waals surface area contributed by atoms with E-state index in [1.54, 1.807) is 18.4 Å². The average Bonchev–Trinajstić information content (AvgIpc) is 3.02. The van der Waals surface area contributed by atoms with Crippen LogP contribution in [0.3, 0.4) is 0 Å². The van der Waals surface area contributed by atoms with Crippen molar-refractivity contribution in [2.75, 3.05) is 26.7 Å². The summed E-state index contributed by atoms with van der Waals surface area (Å²) in [7, 11) is 2.14. The number of hydrogen-bond acceptors (Lipinski definition) is 3. The minimum Gasteiger partial charge on any atom is -0.493 e. The van der Waals surface area contributed by atoms with Crippen LogP contribution in [0.2, 0.25) is 0 Å². The molecule has 4 heteroatoms. The lowest BCUT2D eigenvalue weighted by molar-refractivity contribution is 0.160. The molecule has 2 heterocycles. The number of ether oxygens (including phenoxy) is 1. The summed E-state index contributed by atoms with van der Waals surface area (Å²) in [4.78, 5) is 2.34. The molecule has 3 nitrogen and oxygen atoms in total. The molecule has 0 spiro atoms. The fourth-order valence-electron chi connectivity index (χ4n) is 2.69. The van der Waals surface area contributed by atoms with E-state index in [2.05, 4.69) is 11.9 Å². The molecule has 1 aromatic heterocycles. The number of halogens is 1. The number of furan rings is 1. The van der Waals surface area contributed by atoms with Gasteiger partial charge < -0.3 is 14.1 Å². The maximum atomic E-state index is 13.5. The van der Waals surface area contributed by atoms with Crippen molar-refractivity contribution in [2.45, 2.75) is 12.8 Å². The van der Waals surface area contributed by atoms with Crippen LogP contribution in [-0.2, 0) is 0 Å². The van der Waals surface area contributed by atoms with Crippen LogP contribution in [0.4, 0.5) is 4.39 Å². The van der Waals surface area contributed by atoms with Crippen molar-refractivity contribution in [3.63, 3.8) is 0 Å². The van der Waals surface area contributed by atoms with Crippen molar-refractivity contribution in [2.24, 2.45) is 5.92 Å². The third-order valence-corrected chi connectivity index (χ3v) is 4.04. The van der Waals surface area contributed by atoms with Gasteiger partial charge in [0.2, 0.25) is 0 Å². The molecule has 1 aliphatic rings. The number of likely N-dealkylation sites (tertiary alicyclic amines) is 1. The van der Waals surface area contributed by atoms with Crippen LogP contribution in [0.25, 0.3) is 11.3 Å². The molecule has 0 amide bonds. The zero-order chi connectivity index (χ0) is 14.7. The third-order valence-electron chi connectivity index (χ3n) is 4.04. The Balaban J connectivity index is 1.70. The van der Waals surface area contributed by atoms with E-state index in [9.17, 15) is 4.39 Å². The second-order valence-corrected chi connectivity index (χ2v) is 5.68. The van der Waals surface area contributed by atoms with Gasteiger partial charge in [-0.15, -0.1) is 0 Å². The second-order valence-electron chi connectivity index (χ2n) is 5.68. The van der Waals surface area contributed by atoms with Crippen LogP contribution in [0.15, 0.2) is 41.0 Å². The zero-order valence-corrected chi connectivity index (χ0v) is 12.2. The maximum Gasteiger partial charge on any atom is 0.137 e. The molecular weight excluding hydrogens is 269 g/mol. The van der Waals surface area contributed by atoms with Crippen molar-refractivity contribution in [3.8, 4) is 17.1 Å².